The van der Waals surface area contributed by atoms with Gasteiger partial charge < -0.3 is 9.47 Å². The molecule has 6 heteroatoms. The van der Waals surface area contributed by atoms with Crippen molar-refractivity contribution in [3.8, 4) is 11.5 Å². The first kappa shape index (κ1) is 21.8. The molecule has 4 rings (SSSR count). The molecule has 164 valence electrons. The van der Waals surface area contributed by atoms with E-state index in [0.29, 0.717) is 17.1 Å². The summed E-state index contributed by atoms with van der Waals surface area (Å²) in [7, 11) is 0. The Morgan fingerprint density at radius 3 is 2.33 bits per heavy atom. The molecule has 0 atom stereocenters. The summed E-state index contributed by atoms with van der Waals surface area (Å²) < 4.78 is 11.0. The van der Waals surface area contributed by atoms with Gasteiger partial charge in [0, 0.05) is 0 Å². The first-order valence-electron chi connectivity index (χ1n) is 10.4. The zero-order chi connectivity index (χ0) is 23.0. The first-order valence-corrected chi connectivity index (χ1v) is 10.4. The van der Waals surface area contributed by atoms with Crippen LogP contribution in [0.25, 0.3) is 10.8 Å². The second kappa shape index (κ2) is 10.2. The third-order valence-electron chi connectivity index (χ3n) is 4.95. The Morgan fingerprint density at radius 1 is 0.848 bits per heavy atom. The Bertz CT molecular complexity index is 1310. The van der Waals surface area contributed by atoms with Crippen LogP contribution >= 0.6 is 0 Å². The molecule has 0 radical (unpaired) electrons. The highest BCUT2D eigenvalue weighted by molar-refractivity contribution is 5.92. The molecule has 0 saturated carbocycles. The number of ether oxygens (including phenoxy) is 2. The van der Waals surface area contributed by atoms with Gasteiger partial charge in [0.05, 0.1) is 11.8 Å². The quantitative estimate of drug-likeness (QED) is 0.193. The fourth-order valence-corrected chi connectivity index (χ4v) is 3.20. The number of hydrazone groups is 1. The summed E-state index contributed by atoms with van der Waals surface area (Å²) in [6.07, 6.45) is 1.50. The van der Waals surface area contributed by atoms with Gasteiger partial charge in [0.1, 0.15) is 11.5 Å². The smallest absolute Gasteiger partial charge is 0.343 e. The number of hydrogen-bond donors (Lipinski definition) is 1. The third kappa shape index (κ3) is 5.83. The van der Waals surface area contributed by atoms with Crippen molar-refractivity contribution in [2.75, 3.05) is 6.61 Å². The summed E-state index contributed by atoms with van der Waals surface area (Å²) in [6, 6.07) is 27.7. The molecular formula is C27H22N2O4. The van der Waals surface area contributed by atoms with Gasteiger partial charge in [-0.1, -0.05) is 48.5 Å². The van der Waals surface area contributed by atoms with Crippen molar-refractivity contribution < 1.29 is 19.1 Å². The predicted molar refractivity (Wildman–Crippen MR) is 128 cm³/mol. The molecule has 0 aromatic heterocycles. The van der Waals surface area contributed by atoms with E-state index >= 15 is 0 Å². The maximum Gasteiger partial charge on any atom is 0.343 e. The molecular weight excluding hydrogens is 416 g/mol. The van der Waals surface area contributed by atoms with E-state index in [1.165, 1.54) is 6.21 Å². The molecule has 0 heterocycles. The summed E-state index contributed by atoms with van der Waals surface area (Å²) >= 11 is 0. The number of benzene rings is 4. The zero-order valence-corrected chi connectivity index (χ0v) is 18.0. The van der Waals surface area contributed by atoms with Crippen LogP contribution in [0.15, 0.2) is 96.1 Å². The van der Waals surface area contributed by atoms with Gasteiger partial charge in [-0.25, -0.2) is 10.2 Å². The number of carbonyl (C=O) groups excluding carboxylic acids is 2. The number of hydrogen-bond acceptors (Lipinski definition) is 5. The van der Waals surface area contributed by atoms with Gasteiger partial charge in [-0.15, -0.1) is 0 Å². The lowest BCUT2D eigenvalue weighted by atomic mass is 10.1. The van der Waals surface area contributed by atoms with E-state index in [4.69, 9.17) is 9.47 Å². The number of esters is 1. The number of carbonyl (C=O) groups is 2. The summed E-state index contributed by atoms with van der Waals surface area (Å²) in [5.41, 5.74) is 4.55. The number of rotatable bonds is 7. The molecule has 0 aliphatic rings. The van der Waals surface area contributed by atoms with Crippen molar-refractivity contribution in [2.24, 2.45) is 5.10 Å². The molecule has 0 aliphatic heterocycles. The van der Waals surface area contributed by atoms with Crippen LogP contribution in [0.2, 0.25) is 0 Å². The van der Waals surface area contributed by atoms with Gasteiger partial charge in [-0.05, 0) is 71.3 Å². The fraction of sp³-hybridized carbons (Fsp3) is 0.0741. The molecule has 0 fully saturated rings. The van der Waals surface area contributed by atoms with Gasteiger partial charge in [0.25, 0.3) is 5.91 Å². The van der Waals surface area contributed by atoms with E-state index in [1.807, 2.05) is 61.5 Å². The molecule has 0 spiro atoms. The van der Waals surface area contributed by atoms with Crippen molar-refractivity contribution in [1.29, 1.82) is 0 Å². The second-order valence-electron chi connectivity index (χ2n) is 7.36. The van der Waals surface area contributed by atoms with Gasteiger partial charge in [-0.3, -0.25) is 4.79 Å². The van der Waals surface area contributed by atoms with Gasteiger partial charge >= 0.3 is 5.97 Å². The minimum atomic E-state index is -0.409. The van der Waals surface area contributed by atoms with Crippen LogP contribution in [0.1, 0.15) is 21.5 Å². The first-order chi connectivity index (χ1) is 16.1. The largest absolute Gasteiger partial charge is 0.484 e. The van der Waals surface area contributed by atoms with Crippen molar-refractivity contribution in [3.05, 3.63) is 108 Å². The van der Waals surface area contributed by atoms with Crippen LogP contribution in [-0.4, -0.2) is 24.7 Å². The number of amides is 1. The Morgan fingerprint density at radius 2 is 1.55 bits per heavy atom. The normalized spacial score (nSPS) is 10.8. The number of aryl methyl sites for hydroxylation is 1. The highest BCUT2D eigenvalue weighted by Gasteiger charge is 2.10. The highest BCUT2D eigenvalue weighted by Crippen LogP contribution is 2.20. The number of nitrogens with zero attached hydrogens (tertiary/aromatic N) is 1. The minimum Gasteiger partial charge on any atom is -0.484 e. The summed E-state index contributed by atoms with van der Waals surface area (Å²) in [5, 5.41) is 6.09. The topological polar surface area (TPSA) is 77.0 Å². The Hall–Kier alpha value is -4.45. The monoisotopic (exact) mass is 438 g/mol. The molecule has 4 aromatic rings. The molecule has 0 unspecified atom stereocenters. The Balaban J connectivity index is 1.26. The molecule has 6 nitrogen and oxygen atoms in total. The van der Waals surface area contributed by atoms with E-state index in [9.17, 15) is 9.59 Å². The summed E-state index contributed by atoms with van der Waals surface area (Å²) in [4.78, 5) is 24.3. The van der Waals surface area contributed by atoms with E-state index in [2.05, 4.69) is 10.5 Å². The van der Waals surface area contributed by atoms with Crippen molar-refractivity contribution >= 4 is 28.9 Å². The summed E-state index contributed by atoms with van der Waals surface area (Å²) in [6.45, 7) is 1.71. The predicted octanol–water partition coefficient (Wildman–Crippen LogP) is 4.90. The average molecular weight is 438 g/mol. The molecule has 1 N–H and O–H groups in total. The van der Waals surface area contributed by atoms with Gasteiger partial charge in [0.15, 0.2) is 6.61 Å². The maximum absolute atomic E-state index is 12.3. The van der Waals surface area contributed by atoms with E-state index in [1.54, 1.807) is 36.4 Å². The van der Waals surface area contributed by atoms with Crippen molar-refractivity contribution in [2.45, 2.75) is 6.92 Å². The fourth-order valence-electron chi connectivity index (χ4n) is 3.20. The highest BCUT2D eigenvalue weighted by atomic mass is 16.5. The third-order valence-corrected chi connectivity index (χ3v) is 4.95. The lowest BCUT2D eigenvalue weighted by Crippen LogP contribution is -2.24. The van der Waals surface area contributed by atoms with Crippen molar-refractivity contribution in [1.82, 2.24) is 5.43 Å². The van der Waals surface area contributed by atoms with E-state index in [0.717, 1.165) is 21.9 Å². The molecule has 1 amide bonds. The van der Waals surface area contributed by atoms with Crippen LogP contribution in [0, 0.1) is 6.92 Å². The van der Waals surface area contributed by atoms with E-state index in [-0.39, 0.29) is 12.5 Å². The minimum absolute atomic E-state index is 0.149. The number of fused-ring (bicyclic) bond motifs is 1. The molecule has 33 heavy (non-hydrogen) atoms. The zero-order valence-electron chi connectivity index (χ0n) is 18.0. The van der Waals surface area contributed by atoms with E-state index < -0.39 is 5.97 Å². The molecule has 0 bridgehead atoms. The SMILES string of the molecule is Cc1ccccc1C(=O)Oc1ccc(/C=N/NC(=O)COc2ccc3ccccc3c2)cc1. The second-order valence-corrected chi connectivity index (χ2v) is 7.36. The van der Waals surface area contributed by atoms with Crippen molar-refractivity contribution in [3.63, 3.8) is 0 Å². The molecule has 4 aromatic carbocycles. The van der Waals surface area contributed by atoms with Crippen LogP contribution < -0.4 is 14.9 Å². The van der Waals surface area contributed by atoms with Crippen LogP contribution in [0.4, 0.5) is 0 Å². The van der Waals surface area contributed by atoms with Gasteiger partial charge in [0.2, 0.25) is 0 Å². The maximum atomic E-state index is 12.3. The average Bonchev–Trinajstić information content (AvgIpc) is 2.84. The Kier molecular flexibility index (Phi) is 6.75. The molecule has 0 saturated heterocycles. The Labute approximate surface area is 191 Å². The lowest BCUT2D eigenvalue weighted by molar-refractivity contribution is -0.123. The molecule has 0 aliphatic carbocycles. The number of nitrogens with one attached hydrogen (secondary N) is 1. The summed E-state index contributed by atoms with van der Waals surface area (Å²) in [5.74, 6) is 0.258. The van der Waals surface area contributed by atoms with Crippen LogP contribution in [0.5, 0.6) is 11.5 Å². The van der Waals surface area contributed by atoms with Gasteiger partial charge in [-0.2, -0.15) is 5.10 Å². The standard InChI is InChI=1S/C27H22N2O4/c1-19-6-2-5-9-25(19)27(31)33-23-13-10-20(11-14-23)17-28-29-26(30)18-32-24-15-12-21-7-3-4-8-22(21)16-24/h2-17H,18H2,1H3,(H,29,30)/b28-17+. The van der Waals surface area contributed by atoms with Crippen LogP contribution in [0.3, 0.4) is 0 Å². The lowest BCUT2D eigenvalue weighted by Gasteiger charge is -2.07. The van der Waals surface area contributed by atoms with Crippen LogP contribution in [-0.2, 0) is 4.79 Å².